The molecule has 0 aliphatic rings. The number of hydrogen-bond donors (Lipinski definition) is 0. The smallest absolute Gasteiger partial charge is 0.104 e. The lowest BCUT2D eigenvalue weighted by atomic mass is 9.98. The Morgan fingerprint density at radius 1 is 1.09 bits per heavy atom. The van der Waals surface area contributed by atoms with Gasteiger partial charge in [-0.25, -0.2) is 4.39 Å². The van der Waals surface area contributed by atoms with Crippen LogP contribution >= 0.6 is 0 Å². The van der Waals surface area contributed by atoms with Crippen molar-refractivity contribution in [3.63, 3.8) is 0 Å². The predicted molar refractivity (Wildman–Crippen MR) is 45.4 cm³/mol. The monoisotopic (exact) mass is 152 g/mol. The third-order valence-corrected chi connectivity index (χ3v) is 2.01. The van der Waals surface area contributed by atoms with Crippen LogP contribution in [-0.2, 0) is 0 Å². The van der Waals surface area contributed by atoms with Crippen LogP contribution in [0.4, 0.5) is 4.39 Å². The van der Waals surface area contributed by atoms with E-state index in [1.165, 1.54) is 0 Å². The Morgan fingerprint density at radius 2 is 1.64 bits per heavy atom. The summed E-state index contributed by atoms with van der Waals surface area (Å²) in [5, 5.41) is 0. The molecule has 0 saturated heterocycles. The fourth-order valence-electron chi connectivity index (χ4n) is 1.02. The highest BCUT2D eigenvalue weighted by Gasteiger charge is 2.11. The first-order chi connectivity index (χ1) is 5.22. The number of benzene rings is 1. The quantitative estimate of drug-likeness (QED) is 0.610. The molecule has 2 atom stereocenters. The molecule has 0 saturated carbocycles. The van der Waals surface area contributed by atoms with Crippen molar-refractivity contribution in [2.24, 2.45) is 0 Å². The van der Waals surface area contributed by atoms with E-state index in [4.69, 9.17) is 0 Å². The Bertz CT molecular complexity index is 203. The summed E-state index contributed by atoms with van der Waals surface area (Å²) in [6.07, 6.45) is -0.766. The molecule has 1 aromatic rings. The predicted octanol–water partition coefficient (Wildman–Crippen LogP) is 3.15. The zero-order valence-electron chi connectivity index (χ0n) is 6.92. The molecule has 1 rings (SSSR count). The molecule has 1 heteroatoms. The van der Waals surface area contributed by atoms with E-state index in [0.29, 0.717) is 0 Å². The first-order valence-corrected chi connectivity index (χ1v) is 3.91. The van der Waals surface area contributed by atoms with Crippen LogP contribution in [0, 0.1) is 0 Å². The van der Waals surface area contributed by atoms with Gasteiger partial charge in [-0.15, -0.1) is 0 Å². The van der Waals surface area contributed by atoms with E-state index in [9.17, 15) is 4.39 Å². The van der Waals surface area contributed by atoms with Crippen LogP contribution < -0.4 is 0 Å². The summed E-state index contributed by atoms with van der Waals surface area (Å²) in [6, 6.07) is 9.74. The largest absolute Gasteiger partial charge is 0.247 e. The first-order valence-electron chi connectivity index (χ1n) is 3.91. The second kappa shape index (κ2) is 3.51. The van der Waals surface area contributed by atoms with Crippen molar-refractivity contribution in [1.29, 1.82) is 0 Å². The van der Waals surface area contributed by atoms with Crippen molar-refractivity contribution in [2.75, 3.05) is 0 Å². The maximum Gasteiger partial charge on any atom is 0.104 e. The maximum atomic E-state index is 12.8. The highest BCUT2D eigenvalue weighted by molar-refractivity contribution is 5.19. The van der Waals surface area contributed by atoms with Crippen molar-refractivity contribution in [1.82, 2.24) is 0 Å². The van der Waals surface area contributed by atoms with Crippen LogP contribution in [0.25, 0.3) is 0 Å². The zero-order chi connectivity index (χ0) is 8.27. The van der Waals surface area contributed by atoms with Gasteiger partial charge in [0.05, 0.1) is 0 Å². The van der Waals surface area contributed by atoms with E-state index in [1.54, 1.807) is 6.92 Å². The summed E-state index contributed by atoms with van der Waals surface area (Å²) in [4.78, 5) is 0. The molecule has 1 aromatic carbocycles. The molecule has 0 spiro atoms. The van der Waals surface area contributed by atoms with E-state index in [1.807, 2.05) is 37.3 Å². The van der Waals surface area contributed by atoms with Gasteiger partial charge in [0, 0.05) is 5.92 Å². The molecule has 0 bridgehead atoms. The topological polar surface area (TPSA) is 0 Å². The lowest BCUT2D eigenvalue weighted by Gasteiger charge is -2.11. The Labute approximate surface area is 67.1 Å². The number of hydrogen-bond acceptors (Lipinski definition) is 0. The van der Waals surface area contributed by atoms with Crippen LogP contribution in [0.5, 0.6) is 0 Å². The van der Waals surface area contributed by atoms with E-state index in [0.717, 1.165) is 5.56 Å². The molecule has 0 heterocycles. The van der Waals surface area contributed by atoms with Crippen molar-refractivity contribution in [3.8, 4) is 0 Å². The Kier molecular flexibility index (Phi) is 2.64. The molecule has 0 N–H and O–H groups in total. The highest BCUT2D eigenvalue weighted by atomic mass is 19.1. The highest BCUT2D eigenvalue weighted by Crippen LogP contribution is 2.20. The van der Waals surface area contributed by atoms with Crippen LogP contribution in [0.15, 0.2) is 30.3 Å². The van der Waals surface area contributed by atoms with Crippen LogP contribution in [0.1, 0.15) is 25.3 Å². The van der Waals surface area contributed by atoms with Crippen LogP contribution in [-0.4, -0.2) is 6.17 Å². The average molecular weight is 152 g/mol. The SMILES string of the molecule is CC(c1ccccc1)[C@@H](C)F. The molecule has 0 nitrogen and oxygen atoms in total. The van der Waals surface area contributed by atoms with Gasteiger partial charge in [0.2, 0.25) is 0 Å². The average Bonchev–Trinajstić information content (AvgIpc) is 2.05. The van der Waals surface area contributed by atoms with E-state index in [-0.39, 0.29) is 5.92 Å². The second-order valence-corrected chi connectivity index (χ2v) is 2.88. The van der Waals surface area contributed by atoms with Gasteiger partial charge >= 0.3 is 0 Å². The molecule has 0 fully saturated rings. The van der Waals surface area contributed by atoms with Gasteiger partial charge in [-0.3, -0.25) is 0 Å². The van der Waals surface area contributed by atoms with Gasteiger partial charge in [0.1, 0.15) is 6.17 Å². The van der Waals surface area contributed by atoms with Crippen molar-refractivity contribution >= 4 is 0 Å². The summed E-state index contributed by atoms with van der Waals surface area (Å²) in [6.45, 7) is 3.50. The van der Waals surface area contributed by atoms with E-state index in [2.05, 4.69) is 0 Å². The van der Waals surface area contributed by atoms with E-state index >= 15 is 0 Å². The third-order valence-electron chi connectivity index (χ3n) is 2.01. The number of alkyl halides is 1. The minimum atomic E-state index is -0.766. The van der Waals surface area contributed by atoms with Crippen LogP contribution in [0.3, 0.4) is 0 Å². The molecule has 60 valence electrons. The molecular formula is C10H13F. The molecule has 11 heavy (non-hydrogen) atoms. The molecule has 0 aliphatic heterocycles. The Morgan fingerprint density at radius 3 is 2.09 bits per heavy atom. The van der Waals surface area contributed by atoms with Gasteiger partial charge in [-0.1, -0.05) is 37.3 Å². The Hall–Kier alpha value is -0.850. The number of halogens is 1. The molecule has 0 amide bonds. The fourth-order valence-corrected chi connectivity index (χ4v) is 1.02. The minimum absolute atomic E-state index is 0.0104. The first kappa shape index (κ1) is 8.25. The van der Waals surface area contributed by atoms with E-state index < -0.39 is 6.17 Å². The summed E-state index contributed by atoms with van der Waals surface area (Å²) in [7, 11) is 0. The molecule has 0 aromatic heterocycles. The summed E-state index contributed by atoms with van der Waals surface area (Å²) in [5.74, 6) is 0.0104. The van der Waals surface area contributed by atoms with Gasteiger partial charge < -0.3 is 0 Å². The van der Waals surface area contributed by atoms with Crippen molar-refractivity contribution in [3.05, 3.63) is 35.9 Å². The summed E-state index contributed by atoms with van der Waals surface area (Å²) < 4.78 is 12.8. The second-order valence-electron chi connectivity index (χ2n) is 2.88. The summed E-state index contributed by atoms with van der Waals surface area (Å²) >= 11 is 0. The zero-order valence-corrected chi connectivity index (χ0v) is 6.92. The molecule has 1 unspecified atom stereocenters. The molecular weight excluding hydrogens is 139 g/mol. The van der Waals surface area contributed by atoms with Crippen molar-refractivity contribution in [2.45, 2.75) is 25.9 Å². The van der Waals surface area contributed by atoms with Gasteiger partial charge in [0.25, 0.3) is 0 Å². The number of rotatable bonds is 2. The van der Waals surface area contributed by atoms with Gasteiger partial charge in [-0.2, -0.15) is 0 Å². The third kappa shape index (κ3) is 2.04. The summed E-state index contributed by atoms with van der Waals surface area (Å²) in [5.41, 5.74) is 1.07. The lowest BCUT2D eigenvalue weighted by molar-refractivity contribution is 0.317. The van der Waals surface area contributed by atoms with Gasteiger partial charge in [0.15, 0.2) is 0 Å². The Balaban J connectivity index is 2.77. The van der Waals surface area contributed by atoms with Crippen LogP contribution in [0.2, 0.25) is 0 Å². The fraction of sp³-hybridized carbons (Fsp3) is 0.400. The van der Waals surface area contributed by atoms with Crippen molar-refractivity contribution < 1.29 is 4.39 Å². The lowest BCUT2D eigenvalue weighted by Crippen LogP contribution is -2.05. The standard InChI is InChI=1S/C10H13F/c1-8(9(2)11)10-6-4-3-5-7-10/h3-9H,1-2H3/t8?,9-/m1/s1. The molecule has 0 aliphatic carbocycles. The molecule has 0 radical (unpaired) electrons. The normalized spacial score (nSPS) is 15.9. The maximum absolute atomic E-state index is 12.8. The minimum Gasteiger partial charge on any atom is -0.247 e. The van der Waals surface area contributed by atoms with Gasteiger partial charge in [-0.05, 0) is 12.5 Å².